The maximum Gasteiger partial charge on any atom is 0.326 e. The van der Waals surface area contributed by atoms with Gasteiger partial charge in [0.1, 0.15) is 17.9 Å². The lowest BCUT2D eigenvalue weighted by molar-refractivity contribution is -0.321. The van der Waals surface area contributed by atoms with Crippen LogP contribution in [0.1, 0.15) is 119 Å². The molecule has 2 aliphatic heterocycles. The van der Waals surface area contributed by atoms with Crippen LogP contribution in [0.25, 0.3) is 0 Å². The Morgan fingerprint density at radius 3 is 2.27 bits per heavy atom. The van der Waals surface area contributed by atoms with Crippen LogP contribution in [0.3, 0.4) is 0 Å². The smallest absolute Gasteiger partial charge is 0.326 e. The maximum absolute atomic E-state index is 13.5. The van der Waals surface area contributed by atoms with Crippen LogP contribution in [0.2, 0.25) is 0 Å². The molecule has 14 atom stereocenters. The summed E-state index contributed by atoms with van der Waals surface area (Å²) in [5, 5.41) is 42.7. The molecule has 3 fully saturated rings. The van der Waals surface area contributed by atoms with E-state index in [1.54, 1.807) is 28.3 Å². The molecule has 0 aromatic carbocycles. The van der Waals surface area contributed by atoms with Gasteiger partial charge in [0.05, 0.1) is 36.9 Å². The van der Waals surface area contributed by atoms with E-state index in [2.05, 4.69) is 26.8 Å². The first kappa shape index (κ1) is 47.2. The zero-order valence-corrected chi connectivity index (χ0v) is 35.2. The number of carboxylic acids is 1. The third-order valence-corrected chi connectivity index (χ3v) is 13.1. The van der Waals surface area contributed by atoms with Gasteiger partial charge in [-0.25, -0.2) is 4.79 Å². The number of hydrogen-bond donors (Lipinski definition) is 4. The van der Waals surface area contributed by atoms with Crippen molar-refractivity contribution in [1.82, 2.24) is 4.90 Å². The van der Waals surface area contributed by atoms with Crippen molar-refractivity contribution in [3.05, 3.63) is 23.3 Å². The highest BCUT2D eigenvalue weighted by Gasteiger charge is 2.51. The molecule has 0 radical (unpaired) electrons. The molecule has 1 aliphatic carbocycles. The molecule has 316 valence electrons. The number of carbonyl (C=O) groups excluding carboxylic acids is 2. The molecule has 12 heteroatoms. The zero-order valence-electron chi connectivity index (χ0n) is 35.2. The summed E-state index contributed by atoms with van der Waals surface area (Å²) in [5.74, 6) is -3.64. The van der Waals surface area contributed by atoms with Crippen LogP contribution < -0.4 is 0 Å². The molecule has 0 bridgehead atoms. The van der Waals surface area contributed by atoms with Gasteiger partial charge in [-0.3, -0.25) is 9.59 Å². The predicted octanol–water partition coefficient (Wildman–Crippen LogP) is 5.70. The number of carbonyl (C=O) groups is 3. The Hall–Kier alpha value is -2.19. The van der Waals surface area contributed by atoms with Gasteiger partial charge >= 0.3 is 5.97 Å². The first-order chi connectivity index (χ1) is 25.9. The first-order valence-corrected chi connectivity index (χ1v) is 20.6. The summed E-state index contributed by atoms with van der Waals surface area (Å²) in [4.78, 5) is 39.9. The Kier molecular flexibility index (Phi) is 18.5. The number of rotatable bonds is 20. The van der Waals surface area contributed by atoms with Crippen LogP contribution in [-0.2, 0) is 33.3 Å². The van der Waals surface area contributed by atoms with Gasteiger partial charge in [-0.2, -0.15) is 0 Å². The van der Waals surface area contributed by atoms with Crippen molar-refractivity contribution >= 4 is 17.7 Å². The lowest BCUT2D eigenvalue weighted by Gasteiger charge is -2.47. The van der Waals surface area contributed by atoms with Gasteiger partial charge in [0, 0.05) is 46.1 Å². The number of amides is 1. The van der Waals surface area contributed by atoms with E-state index < -0.39 is 54.0 Å². The highest BCUT2D eigenvalue weighted by molar-refractivity contribution is 5.85. The van der Waals surface area contributed by atoms with E-state index >= 15 is 0 Å². The number of carboxylic acid groups (broad SMARTS) is 1. The number of nitrogens with zero attached hydrogens (tertiary/aromatic N) is 1. The summed E-state index contributed by atoms with van der Waals surface area (Å²) in [6.45, 7) is 14.4. The van der Waals surface area contributed by atoms with Crippen molar-refractivity contribution in [1.29, 1.82) is 0 Å². The van der Waals surface area contributed by atoms with Gasteiger partial charge in [0.25, 0.3) is 0 Å². The molecule has 4 N–H and O–H groups in total. The van der Waals surface area contributed by atoms with E-state index in [0.29, 0.717) is 57.4 Å². The molecule has 2 saturated heterocycles. The van der Waals surface area contributed by atoms with Gasteiger partial charge in [0.15, 0.2) is 5.79 Å². The molecule has 1 amide bonds. The Morgan fingerprint density at radius 2 is 1.67 bits per heavy atom. The van der Waals surface area contributed by atoms with Crippen LogP contribution in [0.5, 0.6) is 0 Å². The highest BCUT2D eigenvalue weighted by atomic mass is 16.7. The Balaban J connectivity index is 1.60. The summed E-state index contributed by atoms with van der Waals surface area (Å²) in [6.07, 6.45) is 6.81. The van der Waals surface area contributed by atoms with Crippen molar-refractivity contribution in [2.45, 2.75) is 168 Å². The molecule has 0 aromatic rings. The molecular weight excluding hydrogens is 706 g/mol. The van der Waals surface area contributed by atoms with Gasteiger partial charge < -0.3 is 44.3 Å². The minimum atomic E-state index is -1.81. The SMILES string of the molecule is CC[C@H](/C=C(\C)C[C@H](C)C[C@H](OC)[C@H]1O[C@@](O)(CC(=O)N2CCC[C@H]2C(=O)O)[C@H](C)C[C@@H]1OC)C(=O)C[C@H](O)[C@@H](C)[C@H](C)/C(C)=C/[C@@H]1CC[C@@H](O)[C@H](OC)C1. The van der Waals surface area contributed by atoms with Crippen molar-refractivity contribution in [2.24, 2.45) is 35.5 Å². The van der Waals surface area contributed by atoms with E-state index in [1.807, 2.05) is 26.8 Å². The normalized spacial score (nSPS) is 32.7. The number of likely N-dealkylation sites (tertiary alicyclic amines) is 1. The van der Waals surface area contributed by atoms with Crippen molar-refractivity contribution in [3.63, 3.8) is 0 Å². The van der Waals surface area contributed by atoms with Gasteiger partial charge in [-0.15, -0.1) is 0 Å². The molecular formula is C43H73NO11. The van der Waals surface area contributed by atoms with Crippen LogP contribution in [-0.4, -0.2) is 119 Å². The fourth-order valence-corrected chi connectivity index (χ4v) is 9.10. The lowest BCUT2D eigenvalue weighted by Crippen LogP contribution is -2.59. The number of methoxy groups -OCH3 is 3. The molecule has 55 heavy (non-hydrogen) atoms. The number of allylic oxidation sites excluding steroid dienone is 4. The number of Topliss-reactive ketones (excluding diaryl/α,β-unsaturated/α-hetero) is 1. The number of hydrogen-bond acceptors (Lipinski definition) is 10. The Labute approximate surface area is 330 Å². The Bertz CT molecular complexity index is 1320. The molecule has 0 aromatic heterocycles. The van der Waals surface area contributed by atoms with E-state index in [0.717, 1.165) is 18.4 Å². The average Bonchev–Trinajstić information content (AvgIpc) is 3.65. The fraction of sp³-hybridized carbons (Fsp3) is 0.837. The van der Waals surface area contributed by atoms with Gasteiger partial charge in [-0.1, -0.05) is 57.9 Å². The number of ether oxygens (including phenoxy) is 4. The molecule has 3 rings (SSSR count). The molecule has 1 saturated carbocycles. The molecule has 3 aliphatic rings. The Morgan fingerprint density at radius 1 is 1.00 bits per heavy atom. The average molecular weight is 780 g/mol. The largest absolute Gasteiger partial charge is 0.480 e. The minimum absolute atomic E-state index is 0.0201. The molecule has 2 heterocycles. The highest BCUT2D eigenvalue weighted by Crippen LogP contribution is 2.40. The minimum Gasteiger partial charge on any atom is -0.480 e. The molecule has 0 spiro atoms. The third kappa shape index (κ3) is 12.6. The lowest BCUT2D eigenvalue weighted by atomic mass is 9.79. The number of aliphatic hydroxyl groups is 3. The van der Waals surface area contributed by atoms with Crippen LogP contribution in [0, 0.1) is 35.5 Å². The van der Waals surface area contributed by atoms with Crippen LogP contribution in [0.4, 0.5) is 0 Å². The molecule has 12 nitrogen and oxygen atoms in total. The summed E-state index contributed by atoms with van der Waals surface area (Å²) < 4.78 is 23.6. The summed E-state index contributed by atoms with van der Waals surface area (Å²) in [6, 6.07) is -0.896. The van der Waals surface area contributed by atoms with Crippen molar-refractivity contribution in [3.8, 4) is 0 Å². The van der Waals surface area contributed by atoms with E-state index in [1.165, 1.54) is 10.5 Å². The maximum atomic E-state index is 13.5. The third-order valence-electron chi connectivity index (χ3n) is 13.1. The summed E-state index contributed by atoms with van der Waals surface area (Å²) >= 11 is 0. The number of aliphatic carboxylic acids is 1. The number of ketones is 1. The summed E-state index contributed by atoms with van der Waals surface area (Å²) in [7, 11) is 4.82. The zero-order chi connectivity index (χ0) is 41.2. The summed E-state index contributed by atoms with van der Waals surface area (Å²) in [5.41, 5.74) is 2.24. The predicted molar refractivity (Wildman–Crippen MR) is 210 cm³/mol. The quantitative estimate of drug-likeness (QED) is 0.112. The van der Waals surface area contributed by atoms with Crippen molar-refractivity contribution in [2.75, 3.05) is 27.9 Å². The molecule has 0 unspecified atom stereocenters. The first-order valence-electron chi connectivity index (χ1n) is 20.6. The van der Waals surface area contributed by atoms with E-state index in [-0.39, 0.29) is 54.5 Å². The van der Waals surface area contributed by atoms with E-state index in [4.69, 9.17) is 18.9 Å². The second kappa shape index (κ2) is 21.5. The van der Waals surface area contributed by atoms with Gasteiger partial charge in [-0.05, 0) is 95.3 Å². The number of aliphatic hydroxyl groups excluding tert-OH is 2. The monoisotopic (exact) mass is 780 g/mol. The van der Waals surface area contributed by atoms with Crippen LogP contribution >= 0.6 is 0 Å². The second-order valence-electron chi connectivity index (χ2n) is 17.2. The topological polar surface area (TPSA) is 172 Å². The van der Waals surface area contributed by atoms with Crippen molar-refractivity contribution < 1.29 is 53.8 Å². The standard InChI is InChI=1S/C43H73NO11/c1-11-32(36(47)23-35(46)30(7)29(6)27(4)20-31-14-15-34(45)37(22-31)52-8)18-25(2)17-26(3)19-38(53-9)41-39(54-10)21-28(5)43(51,55-41)24-40(48)44-16-12-13-33(44)42(49)50/h18,20,26,28-35,37-39,41,45-46,51H,11-17,19,21-24H2,1-10H3,(H,49,50)/b25-18+,27-20+/t26-,28+,29+,30-,31-,32+,33-,34+,35-,37+,38-,39-,41+,43-/m0/s1. The van der Waals surface area contributed by atoms with Crippen LogP contribution in [0.15, 0.2) is 23.3 Å². The second-order valence-corrected chi connectivity index (χ2v) is 17.2. The van der Waals surface area contributed by atoms with Gasteiger partial charge in [0.2, 0.25) is 5.91 Å². The van der Waals surface area contributed by atoms with E-state index in [9.17, 15) is 34.8 Å². The fourth-order valence-electron chi connectivity index (χ4n) is 9.10.